The van der Waals surface area contributed by atoms with Gasteiger partial charge < -0.3 is 24.4 Å². The van der Waals surface area contributed by atoms with Crippen molar-refractivity contribution in [2.75, 3.05) is 40.0 Å². The number of hydrogen-bond acceptors (Lipinski definition) is 5. The summed E-state index contributed by atoms with van der Waals surface area (Å²) in [6.45, 7) is 2.36. The van der Waals surface area contributed by atoms with E-state index in [0.29, 0.717) is 38.3 Å². The van der Waals surface area contributed by atoms with Gasteiger partial charge in [0.05, 0.1) is 18.8 Å². The summed E-state index contributed by atoms with van der Waals surface area (Å²) in [7, 11) is 1.55. The molecular formula is C20H27F3N2O4. The lowest BCUT2D eigenvalue weighted by atomic mass is 10.1. The molecule has 2 aliphatic rings. The molecule has 0 aromatic heterocycles. The summed E-state index contributed by atoms with van der Waals surface area (Å²) in [4.78, 5) is 14.5. The zero-order valence-electron chi connectivity index (χ0n) is 16.5. The summed E-state index contributed by atoms with van der Waals surface area (Å²) in [5, 5.41) is 3.11. The topological polar surface area (TPSA) is 60.0 Å². The molecular weight excluding hydrogens is 389 g/mol. The van der Waals surface area contributed by atoms with Crippen LogP contribution in [0.25, 0.3) is 0 Å². The van der Waals surface area contributed by atoms with Gasteiger partial charge in [0.15, 0.2) is 0 Å². The lowest BCUT2D eigenvalue weighted by molar-refractivity contribution is -0.146. The highest BCUT2D eigenvalue weighted by atomic mass is 19.4. The van der Waals surface area contributed by atoms with E-state index in [-0.39, 0.29) is 30.9 Å². The molecule has 1 aliphatic carbocycles. The largest absolute Gasteiger partial charge is 0.493 e. The van der Waals surface area contributed by atoms with Crippen LogP contribution in [0.2, 0.25) is 0 Å². The Hall–Kier alpha value is -1.84. The Morgan fingerprint density at radius 3 is 2.69 bits per heavy atom. The Morgan fingerprint density at radius 2 is 2.07 bits per heavy atom. The van der Waals surface area contributed by atoms with Crippen molar-refractivity contribution in [2.45, 2.75) is 44.1 Å². The van der Waals surface area contributed by atoms with Crippen LogP contribution < -0.4 is 10.1 Å². The maximum Gasteiger partial charge on any atom is 0.416 e. The second-order valence-electron chi connectivity index (χ2n) is 7.32. The van der Waals surface area contributed by atoms with Gasteiger partial charge in [-0.2, -0.15) is 13.2 Å². The maximum atomic E-state index is 13.4. The van der Waals surface area contributed by atoms with Crippen LogP contribution in [0.3, 0.4) is 0 Å². The van der Waals surface area contributed by atoms with Crippen molar-refractivity contribution in [3.05, 3.63) is 29.3 Å². The molecule has 162 valence electrons. The smallest absolute Gasteiger partial charge is 0.416 e. The first kappa shape index (κ1) is 21.9. The lowest BCUT2D eigenvalue weighted by Gasteiger charge is -2.30. The van der Waals surface area contributed by atoms with Crippen LogP contribution in [-0.4, -0.2) is 63.0 Å². The number of hydrogen-bond donors (Lipinski definition) is 1. The third kappa shape index (κ3) is 6.32. The molecule has 1 heterocycles. The third-order valence-corrected chi connectivity index (χ3v) is 4.88. The number of halogens is 3. The summed E-state index contributed by atoms with van der Waals surface area (Å²) in [5.41, 5.74) is -0.388. The minimum atomic E-state index is -4.49. The van der Waals surface area contributed by atoms with Gasteiger partial charge in [-0.25, -0.2) is 0 Å². The molecule has 3 rings (SSSR count). The first-order chi connectivity index (χ1) is 13.9. The second kappa shape index (κ2) is 9.77. The first-order valence-corrected chi connectivity index (χ1v) is 9.84. The van der Waals surface area contributed by atoms with E-state index in [1.54, 1.807) is 18.1 Å². The fourth-order valence-corrected chi connectivity index (χ4v) is 3.27. The second-order valence-corrected chi connectivity index (χ2v) is 7.32. The SMILES string of the molecule is COCCCOc1cc(CN(C(=O)[C@H]2CNCCO2)C2CC2)cc(C(F)(F)F)c1. The molecule has 0 bridgehead atoms. The molecule has 1 atom stereocenters. The normalized spacial score (nSPS) is 19.8. The van der Waals surface area contributed by atoms with Crippen molar-refractivity contribution in [1.29, 1.82) is 0 Å². The third-order valence-electron chi connectivity index (χ3n) is 4.88. The molecule has 2 fully saturated rings. The van der Waals surface area contributed by atoms with Gasteiger partial charge in [-0.3, -0.25) is 4.79 Å². The molecule has 1 saturated heterocycles. The molecule has 0 unspecified atom stereocenters. The van der Waals surface area contributed by atoms with Gasteiger partial charge in [0.1, 0.15) is 11.9 Å². The van der Waals surface area contributed by atoms with Crippen LogP contribution in [0, 0.1) is 0 Å². The Morgan fingerprint density at radius 1 is 1.28 bits per heavy atom. The van der Waals surface area contributed by atoms with E-state index in [4.69, 9.17) is 14.2 Å². The van der Waals surface area contributed by atoms with Gasteiger partial charge in [0, 0.05) is 45.8 Å². The van der Waals surface area contributed by atoms with Gasteiger partial charge in [-0.15, -0.1) is 0 Å². The lowest BCUT2D eigenvalue weighted by Crippen LogP contribution is -2.49. The van der Waals surface area contributed by atoms with E-state index < -0.39 is 17.8 Å². The van der Waals surface area contributed by atoms with Crippen molar-refractivity contribution in [2.24, 2.45) is 0 Å². The average molecular weight is 416 g/mol. The Balaban J connectivity index is 1.76. The van der Waals surface area contributed by atoms with Crippen molar-refractivity contribution in [1.82, 2.24) is 10.2 Å². The number of methoxy groups -OCH3 is 1. The Labute approximate surface area is 168 Å². The van der Waals surface area contributed by atoms with Gasteiger partial charge in [-0.05, 0) is 36.6 Å². The molecule has 1 aromatic rings. The highest BCUT2D eigenvalue weighted by Gasteiger charge is 2.37. The summed E-state index contributed by atoms with van der Waals surface area (Å²) in [5.74, 6) is -0.0376. The van der Waals surface area contributed by atoms with Gasteiger partial charge in [0.25, 0.3) is 5.91 Å². The maximum absolute atomic E-state index is 13.4. The minimum absolute atomic E-state index is 0.0497. The summed E-state index contributed by atoms with van der Waals surface area (Å²) in [6, 6.07) is 3.71. The number of amides is 1. The molecule has 29 heavy (non-hydrogen) atoms. The predicted molar refractivity (Wildman–Crippen MR) is 99.6 cm³/mol. The number of ether oxygens (including phenoxy) is 3. The van der Waals surface area contributed by atoms with Gasteiger partial charge in [0.2, 0.25) is 0 Å². The molecule has 6 nitrogen and oxygen atoms in total. The van der Waals surface area contributed by atoms with E-state index in [9.17, 15) is 18.0 Å². The molecule has 1 saturated carbocycles. The zero-order chi connectivity index (χ0) is 20.9. The van der Waals surface area contributed by atoms with Crippen molar-refractivity contribution >= 4 is 5.91 Å². The molecule has 0 spiro atoms. The van der Waals surface area contributed by atoms with Crippen LogP contribution in [0.1, 0.15) is 30.4 Å². The highest BCUT2D eigenvalue weighted by Crippen LogP contribution is 2.35. The van der Waals surface area contributed by atoms with Gasteiger partial charge in [-0.1, -0.05) is 0 Å². The molecule has 1 aliphatic heterocycles. The highest BCUT2D eigenvalue weighted by molar-refractivity contribution is 5.82. The molecule has 1 aromatic carbocycles. The number of carbonyl (C=O) groups is 1. The van der Waals surface area contributed by atoms with E-state index in [1.165, 1.54) is 0 Å². The van der Waals surface area contributed by atoms with Gasteiger partial charge >= 0.3 is 6.18 Å². The van der Waals surface area contributed by atoms with Crippen molar-refractivity contribution in [3.63, 3.8) is 0 Å². The zero-order valence-corrected chi connectivity index (χ0v) is 16.5. The van der Waals surface area contributed by atoms with E-state index >= 15 is 0 Å². The summed E-state index contributed by atoms with van der Waals surface area (Å²) < 4.78 is 56.1. The monoisotopic (exact) mass is 416 g/mol. The van der Waals surface area contributed by atoms with Crippen molar-refractivity contribution < 1.29 is 32.2 Å². The summed E-state index contributed by atoms with van der Waals surface area (Å²) >= 11 is 0. The van der Waals surface area contributed by atoms with Crippen LogP contribution in [-0.2, 0) is 27.0 Å². The number of nitrogens with zero attached hydrogens (tertiary/aromatic N) is 1. The summed E-state index contributed by atoms with van der Waals surface area (Å²) in [6.07, 6.45) is -2.82. The number of carbonyl (C=O) groups excluding carboxylic acids is 1. The molecule has 1 N–H and O–H groups in total. The van der Waals surface area contributed by atoms with Crippen LogP contribution in [0.4, 0.5) is 13.2 Å². The Kier molecular flexibility index (Phi) is 7.37. The fourth-order valence-electron chi connectivity index (χ4n) is 3.27. The van der Waals surface area contributed by atoms with Crippen LogP contribution in [0.5, 0.6) is 5.75 Å². The Bertz CT molecular complexity index is 689. The van der Waals surface area contributed by atoms with E-state index in [2.05, 4.69) is 5.32 Å². The molecule has 0 radical (unpaired) electrons. The van der Waals surface area contributed by atoms with Crippen LogP contribution >= 0.6 is 0 Å². The number of nitrogens with one attached hydrogen (secondary N) is 1. The number of benzene rings is 1. The molecule has 1 amide bonds. The van der Waals surface area contributed by atoms with E-state index in [1.807, 2.05) is 0 Å². The van der Waals surface area contributed by atoms with E-state index in [0.717, 1.165) is 25.0 Å². The molecule has 9 heteroatoms. The number of alkyl halides is 3. The van der Waals surface area contributed by atoms with Crippen molar-refractivity contribution in [3.8, 4) is 5.75 Å². The average Bonchev–Trinajstić information content (AvgIpc) is 3.54. The predicted octanol–water partition coefficient (Wildman–Crippen LogP) is 2.60. The number of rotatable bonds is 9. The first-order valence-electron chi connectivity index (χ1n) is 9.84. The van der Waals surface area contributed by atoms with Crippen LogP contribution in [0.15, 0.2) is 18.2 Å². The standard InChI is InChI=1S/C20H27F3N2O4/c1-27-6-2-7-28-17-10-14(9-15(11-17)20(21,22)23)13-25(16-3-4-16)19(26)18-12-24-5-8-29-18/h9-11,16,18,24H,2-8,12-13H2,1H3/t18-/m1/s1. The quantitative estimate of drug-likeness (QED) is 0.627. The number of morpholine rings is 1. The minimum Gasteiger partial charge on any atom is -0.493 e. The fraction of sp³-hybridized carbons (Fsp3) is 0.650.